The number of hydrogen-bond acceptors (Lipinski definition) is 5. The standard InChI is InChI=1S/C18H22F3N3O3/c1-11(24(26-5)14(25)10-17(2,3)4)12-6-8-13(9-7-12)15-22-16(27-23-15)18(19,20)21/h6-9,11H,10H2,1-5H3. The van der Waals surface area contributed by atoms with Crippen molar-refractivity contribution in [1.82, 2.24) is 15.2 Å². The van der Waals surface area contributed by atoms with Crippen LogP contribution in [0.15, 0.2) is 28.8 Å². The molecule has 1 unspecified atom stereocenters. The number of benzene rings is 1. The van der Waals surface area contributed by atoms with E-state index in [1.54, 1.807) is 31.2 Å². The second kappa shape index (κ2) is 7.67. The molecule has 0 saturated carbocycles. The van der Waals surface area contributed by atoms with Gasteiger partial charge in [-0.25, -0.2) is 5.06 Å². The van der Waals surface area contributed by atoms with Crippen LogP contribution in [0, 0.1) is 5.41 Å². The van der Waals surface area contributed by atoms with Crippen molar-refractivity contribution in [1.29, 1.82) is 0 Å². The number of alkyl halides is 3. The van der Waals surface area contributed by atoms with Gasteiger partial charge >= 0.3 is 12.1 Å². The summed E-state index contributed by atoms with van der Waals surface area (Å²) < 4.78 is 41.9. The van der Waals surface area contributed by atoms with Crippen LogP contribution < -0.4 is 0 Å². The van der Waals surface area contributed by atoms with Gasteiger partial charge in [-0.3, -0.25) is 9.63 Å². The first-order valence-corrected chi connectivity index (χ1v) is 8.30. The Morgan fingerprint density at radius 3 is 2.26 bits per heavy atom. The fourth-order valence-corrected chi connectivity index (χ4v) is 2.51. The third-order valence-electron chi connectivity index (χ3n) is 3.80. The number of hydrogen-bond donors (Lipinski definition) is 0. The molecule has 0 saturated heterocycles. The zero-order chi connectivity index (χ0) is 20.4. The molecule has 0 radical (unpaired) electrons. The Bertz CT molecular complexity index is 780. The van der Waals surface area contributed by atoms with Gasteiger partial charge in [-0.2, -0.15) is 18.2 Å². The van der Waals surface area contributed by atoms with Gasteiger partial charge in [0.05, 0.1) is 13.2 Å². The Kier molecular flexibility index (Phi) is 5.94. The van der Waals surface area contributed by atoms with Crippen LogP contribution in [-0.2, 0) is 15.8 Å². The number of hydroxylamine groups is 2. The largest absolute Gasteiger partial charge is 0.471 e. The molecule has 0 aliphatic carbocycles. The summed E-state index contributed by atoms with van der Waals surface area (Å²) in [5.74, 6) is -1.71. The fourth-order valence-electron chi connectivity index (χ4n) is 2.51. The molecule has 9 heteroatoms. The lowest BCUT2D eigenvalue weighted by atomic mass is 9.91. The molecule has 1 amide bonds. The molecule has 2 aromatic rings. The van der Waals surface area contributed by atoms with Crippen molar-refractivity contribution in [2.24, 2.45) is 5.41 Å². The van der Waals surface area contributed by atoms with Gasteiger partial charge in [-0.05, 0) is 17.9 Å². The van der Waals surface area contributed by atoms with Crippen LogP contribution in [0.1, 0.15) is 51.6 Å². The summed E-state index contributed by atoms with van der Waals surface area (Å²) in [5.41, 5.74) is 0.935. The first-order chi connectivity index (χ1) is 12.4. The van der Waals surface area contributed by atoms with Crippen molar-refractivity contribution in [2.75, 3.05) is 7.11 Å². The van der Waals surface area contributed by atoms with Crippen LogP contribution >= 0.6 is 0 Å². The molecule has 1 aromatic heterocycles. The summed E-state index contributed by atoms with van der Waals surface area (Å²) in [6.45, 7) is 7.67. The number of rotatable bonds is 5. The molecule has 27 heavy (non-hydrogen) atoms. The van der Waals surface area contributed by atoms with Crippen molar-refractivity contribution in [3.63, 3.8) is 0 Å². The van der Waals surface area contributed by atoms with Gasteiger partial charge < -0.3 is 4.52 Å². The number of carbonyl (C=O) groups excluding carboxylic acids is 1. The van der Waals surface area contributed by atoms with Gasteiger partial charge in [-0.15, -0.1) is 0 Å². The van der Waals surface area contributed by atoms with Crippen LogP contribution in [0.5, 0.6) is 0 Å². The molecule has 0 fully saturated rings. The molecular formula is C18H22F3N3O3. The zero-order valence-electron chi connectivity index (χ0n) is 15.8. The third kappa shape index (κ3) is 5.29. The Hall–Kier alpha value is -2.42. The second-order valence-corrected chi connectivity index (χ2v) is 7.36. The highest BCUT2D eigenvalue weighted by Gasteiger charge is 2.38. The molecule has 0 aliphatic rings. The predicted octanol–water partition coefficient (Wildman–Crippen LogP) is 4.64. The average Bonchev–Trinajstić information content (AvgIpc) is 3.04. The second-order valence-electron chi connectivity index (χ2n) is 7.36. The van der Waals surface area contributed by atoms with E-state index in [-0.39, 0.29) is 23.2 Å². The van der Waals surface area contributed by atoms with Crippen LogP contribution in [-0.4, -0.2) is 28.2 Å². The summed E-state index contributed by atoms with van der Waals surface area (Å²) in [6, 6.07) is 6.12. The van der Waals surface area contributed by atoms with Crippen molar-refractivity contribution in [3.8, 4) is 11.4 Å². The molecule has 0 aliphatic heterocycles. The minimum Gasteiger partial charge on any atom is -0.329 e. The van der Waals surface area contributed by atoms with Gasteiger partial charge in [0, 0.05) is 12.0 Å². The van der Waals surface area contributed by atoms with Crippen LogP contribution in [0.4, 0.5) is 13.2 Å². The maximum atomic E-state index is 12.6. The van der Waals surface area contributed by atoms with Gasteiger partial charge in [0.2, 0.25) is 11.7 Å². The Balaban J connectivity index is 2.18. The highest BCUT2D eigenvalue weighted by Crippen LogP contribution is 2.30. The lowest BCUT2D eigenvalue weighted by molar-refractivity contribution is -0.189. The average molecular weight is 385 g/mol. The van der Waals surface area contributed by atoms with Gasteiger partial charge in [0.1, 0.15) is 0 Å². The van der Waals surface area contributed by atoms with E-state index in [1.165, 1.54) is 12.2 Å². The van der Waals surface area contributed by atoms with Crippen LogP contribution in [0.25, 0.3) is 11.4 Å². The molecule has 0 spiro atoms. The van der Waals surface area contributed by atoms with E-state index in [0.29, 0.717) is 12.0 Å². The van der Waals surface area contributed by atoms with Crippen molar-refractivity contribution in [2.45, 2.75) is 46.3 Å². The highest BCUT2D eigenvalue weighted by atomic mass is 19.4. The molecule has 0 N–H and O–H groups in total. The Labute approximate surface area is 155 Å². The van der Waals surface area contributed by atoms with Crippen LogP contribution in [0.3, 0.4) is 0 Å². The molecule has 148 valence electrons. The molecule has 1 atom stereocenters. The minimum atomic E-state index is -4.69. The zero-order valence-corrected chi connectivity index (χ0v) is 15.8. The smallest absolute Gasteiger partial charge is 0.329 e. The van der Waals surface area contributed by atoms with E-state index in [2.05, 4.69) is 14.7 Å². The maximum absolute atomic E-state index is 12.6. The molecule has 2 rings (SSSR count). The minimum absolute atomic E-state index is 0.158. The third-order valence-corrected chi connectivity index (χ3v) is 3.80. The van der Waals surface area contributed by atoms with Crippen molar-refractivity contribution >= 4 is 5.91 Å². The maximum Gasteiger partial charge on any atom is 0.471 e. The van der Waals surface area contributed by atoms with E-state index in [1.807, 2.05) is 20.8 Å². The normalized spacial score (nSPS) is 13.5. The number of aromatic nitrogens is 2. The lowest BCUT2D eigenvalue weighted by Gasteiger charge is -2.29. The number of carbonyl (C=O) groups is 1. The monoisotopic (exact) mass is 385 g/mol. The molecule has 1 heterocycles. The first-order valence-electron chi connectivity index (χ1n) is 8.30. The summed E-state index contributed by atoms with van der Waals surface area (Å²) in [7, 11) is 1.42. The summed E-state index contributed by atoms with van der Waals surface area (Å²) in [5, 5.41) is 4.64. The summed E-state index contributed by atoms with van der Waals surface area (Å²) in [6.07, 6.45) is -4.38. The molecule has 1 aromatic carbocycles. The fraction of sp³-hybridized carbons (Fsp3) is 0.500. The topological polar surface area (TPSA) is 68.5 Å². The number of halogens is 3. The van der Waals surface area contributed by atoms with Gasteiger partial charge in [0.25, 0.3) is 0 Å². The van der Waals surface area contributed by atoms with Crippen molar-refractivity contribution < 1.29 is 27.3 Å². The SMILES string of the molecule is CON(C(=O)CC(C)(C)C)C(C)c1ccc(-c2noc(C(F)(F)F)n2)cc1. The quantitative estimate of drug-likeness (QED) is 0.701. The van der Waals surface area contributed by atoms with E-state index < -0.39 is 12.1 Å². The molecule has 0 bridgehead atoms. The van der Waals surface area contributed by atoms with E-state index >= 15 is 0 Å². The molecular weight excluding hydrogens is 363 g/mol. The molecule has 6 nitrogen and oxygen atoms in total. The van der Waals surface area contributed by atoms with Gasteiger partial charge in [0.15, 0.2) is 0 Å². The number of nitrogens with zero attached hydrogens (tertiary/aromatic N) is 3. The van der Waals surface area contributed by atoms with E-state index in [0.717, 1.165) is 5.56 Å². The Morgan fingerprint density at radius 1 is 1.22 bits per heavy atom. The van der Waals surface area contributed by atoms with Crippen LogP contribution in [0.2, 0.25) is 0 Å². The summed E-state index contributed by atoms with van der Waals surface area (Å²) in [4.78, 5) is 21.1. The van der Waals surface area contributed by atoms with E-state index in [4.69, 9.17) is 4.84 Å². The highest BCUT2D eigenvalue weighted by molar-refractivity contribution is 5.76. The predicted molar refractivity (Wildman–Crippen MR) is 91.1 cm³/mol. The Morgan fingerprint density at radius 2 is 1.81 bits per heavy atom. The first kappa shape index (κ1) is 20.9. The van der Waals surface area contributed by atoms with Gasteiger partial charge in [-0.1, -0.05) is 50.2 Å². The number of amides is 1. The van der Waals surface area contributed by atoms with E-state index in [9.17, 15) is 18.0 Å². The summed E-state index contributed by atoms with van der Waals surface area (Å²) >= 11 is 0. The van der Waals surface area contributed by atoms with Crippen molar-refractivity contribution in [3.05, 3.63) is 35.7 Å². The lowest BCUT2D eigenvalue weighted by Crippen LogP contribution is -2.34.